The van der Waals surface area contributed by atoms with Crippen molar-refractivity contribution in [1.82, 2.24) is 9.47 Å². The van der Waals surface area contributed by atoms with Crippen LogP contribution in [0.5, 0.6) is 0 Å². The number of hydrogen-bond donors (Lipinski definition) is 0. The van der Waals surface area contributed by atoms with Gasteiger partial charge in [-0.2, -0.15) is 0 Å². The van der Waals surface area contributed by atoms with Gasteiger partial charge in [-0.1, -0.05) is 22.0 Å². The maximum Gasteiger partial charge on any atom is 0.242 e. The van der Waals surface area contributed by atoms with Crippen molar-refractivity contribution in [3.8, 4) is 0 Å². The van der Waals surface area contributed by atoms with E-state index >= 15 is 0 Å². The SMILES string of the molecule is CCN(C(=O)Cn1ccc2c(Br)cccc21)C1CC1. The van der Waals surface area contributed by atoms with Crippen molar-refractivity contribution in [2.75, 3.05) is 6.54 Å². The zero-order chi connectivity index (χ0) is 13.4. The summed E-state index contributed by atoms with van der Waals surface area (Å²) in [7, 11) is 0. The number of aromatic nitrogens is 1. The minimum Gasteiger partial charge on any atom is -0.338 e. The molecular formula is C15H17BrN2O. The highest BCUT2D eigenvalue weighted by molar-refractivity contribution is 9.10. The van der Waals surface area contributed by atoms with Gasteiger partial charge in [0.1, 0.15) is 6.54 Å². The molecule has 1 fully saturated rings. The molecule has 1 heterocycles. The molecule has 1 aliphatic rings. The van der Waals surface area contributed by atoms with Gasteiger partial charge in [0.25, 0.3) is 0 Å². The van der Waals surface area contributed by atoms with Crippen molar-refractivity contribution in [2.45, 2.75) is 32.4 Å². The van der Waals surface area contributed by atoms with Crippen LogP contribution in [0, 0.1) is 0 Å². The van der Waals surface area contributed by atoms with E-state index in [2.05, 4.69) is 35.0 Å². The number of fused-ring (bicyclic) bond motifs is 1. The molecule has 0 spiro atoms. The summed E-state index contributed by atoms with van der Waals surface area (Å²) in [4.78, 5) is 14.3. The third-order valence-electron chi connectivity index (χ3n) is 3.71. The Morgan fingerprint density at radius 1 is 1.42 bits per heavy atom. The van der Waals surface area contributed by atoms with Gasteiger partial charge in [-0.3, -0.25) is 4.79 Å². The third kappa shape index (κ3) is 2.41. The molecule has 0 atom stereocenters. The largest absolute Gasteiger partial charge is 0.338 e. The first-order valence-corrected chi connectivity index (χ1v) is 7.53. The summed E-state index contributed by atoms with van der Waals surface area (Å²) >= 11 is 3.54. The quantitative estimate of drug-likeness (QED) is 0.847. The standard InChI is InChI=1S/C15H17BrN2O/c1-2-18(11-6-7-11)15(19)10-17-9-8-12-13(16)4-3-5-14(12)17/h3-5,8-9,11H,2,6-7,10H2,1H3. The van der Waals surface area contributed by atoms with Crippen LogP contribution < -0.4 is 0 Å². The van der Waals surface area contributed by atoms with Gasteiger partial charge in [-0.05, 0) is 38.0 Å². The van der Waals surface area contributed by atoms with Crippen LogP contribution >= 0.6 is 15.9 Å². The number of rotatable bonds is 4. The summed E-state index contributed by atoms with van der Waals surface area (Å²) in [5.41, 5.74) is 1.11. The molecule has 3 nitrogen and oxygen atoms in total. The van der Waals surface area contributed by atoms with Crippen molar-refractivity contribution in [2.24, 2.45) is 0 Å². The van der Waals surface area contributed by atoms with Crippen LogP contribution in [0.1, 0.15) is 19.8 Å². The second kappa shape index (κ2) is 5.00. The van der Waals surface area contributed by atoms with Gasteiger partial charge >= 0.3 is 0 Å². The Hall–Kier alpha value is -1.29. The highest BCUT2D eigenvalue weighted by atomic mass is 79.9. The summed E-state index contributed by atoms with van der Waals surface area (Å²) in [6, 6.07) is 8.63. The molecule has 1 saturated carbocycles. The zero-order valence-corrected chi connectivity index (χ0v) is 12.6. The highest BCUT2D eigenvalue weighted by Gasteiger charge is 2.31. The smallest absolute Gasteiger partial charge is 0.242 e. The van der Waals surface area contributed by atoms with Gasteiger partial charge in [-0.25, -0.2) is 0 Å². The summed E-state index contributed by atoms with van der Waals surface area (Å²) in [6.07, 6.45) is 4.32. The molecule has 4 heteroatoms. The molecule has 1 aromatic carbocycles. The first-order valence-electron chi connectivity index (χ1n) is 6.73. The Kier molecular flexibility index (Phi) is 3.35. The number of amides is 1. The summed E-state index contributed by atoms with van der Waals surface area (Å²) in [5, 5.41) is 1.16. The lowest BCUT2D eigenvalue weighted by Gasteiger charge is -2.20. The molecule has 0 aliphatic heterocycles. The second-order valence-electron chi connectivity index (χ2n) is 5.03. The van der Waals surface area contributed by atoms with E-state index in [-0.39, 0.29) is 5.91 Å². The monoisotopic (exact) mass is 320 g/mol. The minimum absolute atomic E-state index is 0.225. The number of benzene rings is 1. The molecule has 0 radical (unpaired) electrons. The van der Waals surface area contributed by atoms with E-state index in [0.717, 1.165) is 34.8 Å². The molecule has 1 aliphatic carbocycles. The van der Waals surface area contributed by atoms with Crippen LogP contribution in [0.4, 0.5) is 0 Å². The van der Waals surface area contributed by atoms with Crippen LogP contribution in [0.25, 0.3) is 10.9 Å². The van der Waals surface area contributed by atoms with Gasteiger partial charge in [-0.15, -0.1) is 0 Å². The Labute approximate surface area is 121 Å². The Morgan fingerprint density at radius 2 is 2.21 bits per heavy atom. The lowest BCUT2D eigenvalue weighted by Crippen LogP contribution is -2.35. The van der Waals surface area contributed by atoms with Crippen molar-refractivity contribution in [3.05, 3.63) is 34.9 Å². The molecule has 2 aromatic rings. The number of carbonyl (C=O) groups excluding carboxylic acids is 1. The normalized spacial score (nSPS) is 14.8. The number of likely N-dealkylation sites (N-methyl/N-ethyl adjacent to an activating group) is 1. The number of carbonyl (C=O) groups is 1. The fourth-order valence-corrected chi connectivity index (χ4v) is 3.07. The van der Waals surface area contributed by atoms with E-state index in [0.29, 0.717) is 12.6 Å². The molecule has 1 amide bonds. The average Bonchev–Trinajstić information content (AvgIpc) is 3.13. The van der Waals surface area contributed by atoms with E-state index in [9.17, 15) is 4.79 Å². The van der Waals surface area contributed by atoms with Crippen molar-refractivity contribution in [3.63, 3.8) is 0 Å². The fourth-order valence-electron chi connectivity index (χ4n) is 2.58. The van der Waals surface area contributed by atoms with Crippen molar-refractivity contribution >= 4 is 32.7 Å². The average molecular weight is 321 g/mol. The molecule has 0 saturated heterocycles. The first-order chi connectivity index (χ1) is 9.20. The molecule has 100 valence electrons. The summed E-state index contributed by atoms with van der Waals surface area (Å²) in [5.74, 6) is 0.225. The third-order valence-corrected chi connectivity index (χ3v) is 4.41. The van der Waals surface area contributed by atoms with Crippen LogP contribution in [0.15, 0.2) is 34.9 Å². The van der Waals surface area contributed by atoms with E-state index < -0.39 is 0 Å². The molecule has 1 aromatic heterocycles. The second-order valence-corrected chi connectivity index (χ2v) is 5.88. The van der Waals surface area contributed by atoms with Gasteiger partial charge < -0.3 is 9.47 Å². The summed E-state index contributed by atoms with van der Waals surface area (Å²) in [6.45, 7) is 3.30. The number of halogens is 1. The molecule has 0 N–H and O–H groups in total. The predicted molar refractivity (Wildman–Crippen MR) is 80.0 cm³/mol. The molecular weight excluding hydrogens is 304 g/mol. The fraction of sp³-hybridized carbons (Fsp3) is 0.400. The van der Waals surface area contributed by atoms with E-state index in [1.807, 2.05) is 27.8 Å². The van der Waals surface area contributed by atoms with Crippen molar-refractivity contribution in [1.29, 1.82) is 0 Å². The van der Waals surface area contributed by atoms with Gasteiger partial charge in [0.05, 0.1) is 0 Å². The Morgan fingerprint density at radius 3 is 2.89 bits per heavy atom. The maximum atomic E-state index is 12.3. The zero-order valence-electron chi connectivity index (χ0n) is 11.0. The van der Waals surface area contributed by atoms with Gasteiger partial charge in [0.2, 0.25) is 5.91 Å². The maximum absolute atomic E-state index is 12.3. The Balaban J connectivity index is 1.85. The van der Waals surface area contributed by atoms with E-state index in [1.165, 1.54) is 0 Å². The van der Waals surface area contributed by atoms with E-state index in [4.69, 9.17) is 0 Å². The molecule has 19 heavy (non-hydrogen) atoms. The topological polar surface area (TPSA) is 25.2 Å². The van der Waals surface area contributed by atoms with Crippen molar-refractivity contribution < 1.29 is 4.79 Å². The van der Waals surface area contributed by atoms with Crippen LogP contribution in [-0.4, -0.2) is 28.0 Å². The predicted octanol–water partition coefficient (Wildman–Crippen LogP) is 3.41. The molecule has 3 rings (SSSR count). The van der Waals surface area contributed by atoms with Gasteiger partial charge in [0, 0.05) is 34.2 Å². The van der Waals surface area contributed by atoms with Crippen LogP contribution in [0.2, 0.25) is 0 Å². The number of hydrogen-bond acceptors (Lipinski definition) is 1. The lowest BCUT2D eigenvalue weighted by atomic mass is 10.2. The highest BCUT2D eigenvalue weighted by Crippen LogP contribution is 2.28. The molecule has 0 bridgehead atoms. The van der Waals surface area contributed by atoms with Crippen LogP contribution in [0.3, 0.4) is 0 Å². The number of nitrogens with zero attached hydrogens (tertiary/aromatic N) is 2. The van der Waals surface area contributed by atoms with E-state index in [1.54, 1.807) is 0 Å². The van der Waals surface area contributed by atoms with Gasteiger partial charge in [0.15, 0.2) is 0 Å². The summed E-state index contributed by atoms with van der Waals surface area (Å²) < 4.78 is 3.11. The Bertz CT molecular complexity index is 616. The minimum atomic E-state index is 0.225. The van der Waals surface area contributed by atoms with Crippen LogP contribution in [-0.2, 0) is 11.3 Å². The first kappa shape index (κ1) is 12.7. The lowest BCUT2D eigenvalue weighted by molar-refractivity contribution is -0.132. The molecule has 0 unspecified atom stereocenters.